The summed E-state index contributed by atoms with van der Waals surface area (Å²) >= 11 is 1.86. The Morgan fingerprint density at radius 1 is 0.365 bits per heavy atom. The summed E-state index contributed by atoms with van der Waals surface area (Å²) in [6, 6.07) is 65.6. The quantitative estimate of drug-likeness (QED) is 0.176. The molecule has 0 fully saturated rings. The molecule has 3 heteroatoms. The van der Waals surface area contributed by atoms with Gasteiger partial charge in [0.05, 0.1) is 16.7 Å². The topological polar surface area (TPSA) is 17.8 Å². The van der Waals surface area contributed by atoms with Gasteiger partial charge in [0.15, 0.2) is 0 Å². The number of para-hydroxylation sites is 1. The van der Waals surface area contributed by atoms with E-state index in [1.54, 1.807) is 0 Å². The van der Waals surface area contributed by atoms with Crippen molar-refractivity contribution in [3.8, 4) is 50.5 Å². The molecule has 0 saturated carbocycles. The van der Waals surface area contributed by atoms with Gasteiger partial charge in [-0.05, 0) is 88.0 Å². The van der Waals surface area contributed by atoms with Crippen molar-refractivity contribution in [3.05, 3.63) is 182 Å². The van der Waals surface area contributed by atoms with E-state index in [0.717, 1.165) is 33.7 Å². The lowest BCUT2D eigenvalue weighted by molar-refractivity contribution is 1.08. The second-order valence-corrected chi connectivity index (χ2v) is 13.9. The van der Waals surface area contributed by atoms with Crippen molar-refractivity contribution in [3.63, 3.8) is 0 Å². The van der Waals surface area contributed by atoms with Crippen molar-refractivity contribution >= 4 is 53.3 Å². The third-order valence-electron chi connectivity index (χ3n) is 9.80. The number of thiophene rings is 1. The van der Waals surface area contributed by atoms with Gasteiger partial charge >= 0.3 is 0 Å². The van der Waals surface area contributed by atoms with Gasteiger partial charge in [-0.15, -0.1) is 11.3 Å². The van der Waals surface area contributed by atoms with Crippen molar-refractivity contribution in [1.82, 2.24) is 9.55 Å². The lowest BCUT2D eigenvalue weighted by atomic mass is 9.97. The lowest BCUT2D eigenvalue weighted by Crippen LogP contribution is -2.00. The molecule has 3 aromatic heterocycles. The van der Waals surface area contributed by atoms with Crippen molar-refractivity contribution < 1.29 is 0 Å². The largest absolute Gasteiger partial charge is 0.294 e. The van der Waals surface area contributed by atoms with Gasteiger partial charge in [-0.25, -0.2) is 4.98 Å². The van der Waals surface area contributed by atoms with Crippen LogP contribution in [0.1, 0.15) is 13.8 Å². The summed E-state index contributed by atoms with van der Waals surface area (Å²) in [6.07, 6.45) is 0. The molecule has 0 amide bonds. The fourth-order valence-corrected chi connectivity index (χ4v) is 8.45. The first-order valence-corrected chi connectivity index (χ1v) is 18.8. The number of nitrogens with zero attached hydrogens (tertiary/aromatic N) is 2. The van der Waals surface area contributed by atoms with Gasteiger partial charge in [0.25, 0.3) is 0 Å². The molecule has 0 aliphatic carbocycles. The Kier molecular flexibility index (Phi) is 8.19. The fraction of sp³-hybridized carbons (Fsp3) is 0.0408. The van der Waals surface area contributed by atoms with Crippen LogP contribution in [0.4, 0.5) is 0 Å². The maximum atomic E-state index is 5.30. The van der Waals surface area contributed by atoms with Crippen LogP contribution < -0.4 is 0 Å². The molecule has 0 radical (unpaired) electrons. The van der Waals surface area contributed by atoms with Gasteiger partial charge in [-0.1, -0.05) is 141 Å². The lowest BCUT2D eigenvalue weighted by Gasteiger charge is -2.13. The second kappa shape index (κ2) is 13.4. The summed E-state index contributed by atoms with van der Waals surface area (Å²) in [5.41, 5.74) is 11.5. The number of aromatic nitrogens is 2. The highest BCUT2D eigenvalue weighted by atomic mass is 32.1. The number of benzene rings is 7. The van der Waals surface area contributed by atoms with Crippen LogP contribution in [-0.4, -0.2) is 9.55 Å². The Morgan fingerprint density at radius 3 is 1.69 bits per heavy atom. The summed E-state index contributed by atoms with van der Waals surface area (Å²) in [7, 11) is 0. The average Bonchev–Trinajstić information content (AvgIpc) is 3.77. The summed E-state index contributed by atoms with van der Waals surface area (Å²) in [5, 5.41) is 5.07. The predicted molar refractivity (Wildman–Crippen MR) is 225 cm³/mol. The molecule has 10 rings (SSSR count). The number of pyridine rings is 1. The molecule has 0 atom stereocenters. The molecule has 248 valence electrons. The van der Waals surface area contributed by atoms with E-state index in [9.17, 15) is 0 Å². The Balaban J connectivity index is 0.00000177. The molecule has 0 N–H and O–H groups in total. The summed E-state index contributed by atoms with van der Waals surface area (Å²) in [6.45, 7) is 4.00. The molecule has 52 heavy (non-hydrogen) atoms. The SMILES string of the molecule is CC.c1ccc(-c2cc(-c3ccccc3)nc(-n3c4ccccc4c4cc(-c5cccc(-c6ccc7sc8ccccc8c7c6)c5)ccc43)c2)cc1. The van der Waals surface area contributed by atoms with Crippen molar-refractivity contribution in [2.45, 2.75) is 13.8 Å². The highest BCUT2D eigenvalue weighted by molar-refractivity contribution is 7.25. The van der Waals surface area contributed by atoms with E-state index in [1.165, 1.54) is 58.8 Å². The minimum atomic E-state index is 0.905. The minimum Gasteiger partial charge on any atom is -0.294 e. The third kappa shape index (κ3) is 5.56. The molecule has 0 aliphatic heterocycles. The summed E-state index contributed by atoms with van der Waals surface area (Å²) in [5.74, 6) is 0.905. The van der Waals surface area contributed by atoms with Gasteiger partial charge in [-0.2, -0.15) is 0 Å². The summed E-state index contributed by atoms with van der Waals surface area (Å²) in [4.78, 5) is 5.30. The van der Waals surface area contributed by atoms with Crippen molar-refractivity contribution in [1.29, 1.82) is 0 Å². The van der Waals surface area contributed by atoms with E-state index < -0.39 is 0 Å². The molecule has 10 aromatic rings. The highest BCUT2D eigenvalue weighted by Gasteiger charge is 2.17. The van der Waals surface area contributed by atoms with Gasteiger partial charge in [-0.3, -0.25) is 4.57 Å². The molecule has 0 unspecified atom stereocenters. The Bertz CT molecular complexity index is 2810. The number of hydrogen-bond acceptors (Lipinski definition) is 2. The first-order chi connectivity index (χ1) is 25.8. The van der Waals surface area contributed by atoms with Crippen LogP contribution in [0.15, 0.2) is 182 Å². The van der Waals surface area contributed by atoms with Gasteiger partial charge in [0.2, 0.25) is 0 Å². The fourth-order valence-electron chi connectivity index (χ4n) is 7.37. The zero-order valence-corrected chi connectivity index (χ0v) is 29.9. The monoisotopic (exact) mass is 684 g/mol. The maximum absolute atomic E-state index is 5.30. The molecule has 0 spiro atoms. The Hall–Kier alpha value is -6.29. The van der Waals surface area contributed by atoms with Crippen molar-refractivity contribution in [2.24, 2.45) is 0 Å². The normalized spacial score (nSPS) is 11.3. The van der Waals surface area contributed by atoms with Crippen molar-refractivity contribution in [2.75, 3.05) is 0 Å². The molecular formula is C49H36N2S. The highest BCUT2D eigenvalue weighted by Crippen LogP contribution is 2.39. The second-order valence-electron chi connectivity index (χ2n) is 12.8. The first-order valence-electron chi connectivity index (χ1n) is 18.0. The zero-order chi connectivity index (χ0) is 35.0. The van der Waals surface area contributed by atoms with Crippen LogP contribution in [-0.2, 0) is 0 Å². The standard InChI is InChI=1S/C47H30N2S.C2H6/c1-3-12-31(13-4-1)37-29-42(32-14-5-2-6-15-32)48-47(30-37)49-43-20-9-7-18-38(43)40-27-35(22-24-44(40)49)33-16-11-17-34(26-33)36-23-25-46-41(28-36)39-19-8-10-21-45(39)50-46;1-2/h1-30H;1-2H3. The van der Waals surface area contributed by atoms with Crippen LogP contribution in [0.5, 0.6) is 0 Å². The Labute approximate surface area is 307 Å². The van der Waals surface area contributed by atoms with E-state index in [2.05, 4.69) is 187 Å². The van der Waals surface area contributed by atoms with E-state index in [0.29, 0.717) is 0 Å². The van der Waals surface area contributed by atoms with E-state index in [-0.39, 0.29) is 0 Å². The molecule has 2 nitrogen and oxygen atoms in total. The molecule has 0 aliphatic rings. The molecular weight excluding hydrogens is 649 g/mol. The summed E-state index contributed by atoms with van der Waals surface area (Å²) < 4.78 is 4.98. The average molecular weight is 685 g/mol. The van der Waals surface area contributed by atoms with Crippen LogP contribution in [0.2, 0.25) is 0 Å². The molecule has 7 aromatic carbocycles. The number of rotatable bonds is 5. The third-order valence-corrected chi connectivity index (χ3v) is 10.9. The van der Waals surface area contributed by atoms with Crippen LogP contribution in [0, 0.1) is 0 Å². The van der Waals surface area contributed by atoms with Gasteiger partial charge < -0.3 is 0 Å². The zero-order valence-electron chi connectivity index (χ0n) is 29.1. The van der Waals surface area contributed by atoms with E-state index in [1.807, 2.05) is 25.2 Å². The van der Waals surface area contributed by atoms with E-state index in [4.69, 9.17) is 4.98 Å². The molecule has 0 saturated heterocycles. The Morgan fingerprint density at radius 2 is 0.923 bits per heavy atom. The van der Waals surface area contributed by atoms with Crippen LogP contribution in [0.25, 0.3) is 92.4 Å². The maximum Gasteiger partial charge on any atom is 0.138 e. The smallest absolute Gasteiger partial charge is 0.138 e. The number of fused-ring (bicyclic) bond motifs is 6. The van der Waals surface area contributed by atoms with Gasteiger partial charge in [0.1, 0.15) is 5.82 Å². The molecule has 3 heterocycles. The van der Waals surface area contributed by atoms with Crippen LogP contribution in [0.3, 0.4) is 0 Å². The minimum absolute atomic E-state index is 0.905. The predicted octanol–water partition coefficient (Wildman–Crippen LogP) is 14.2. The van der Waals surface area contributed by atoms with Crippen LogP contribution >= 0.6 is 11.3 Å². The van der Waals surface area contributed by atoms with Gasteiger partial charge in [0, 0.05) is 36.5 Å². The molecule has 0 bridgehead atoms. The first kappa shape index (κ1) is 31.7. The number of hydrogen-bond donors (Lipinski definition) is 0. The van der Waals surface area contributed by atoms with E-state index >= 15 is 0 Å².